The fourth-order valence-corrected chi connectivity index (χ4v) is 4.99. The van der Waals surface area contributed by atoms with Gasteiger partial charge in [-0.25, -0.2) is 19.6 Å². The normalized spacial score (nSPS) is 14.6. The van der Waals surface area contributed by atoms with Crippen molar-refractivity contribution in [2.45, 2.75) is 38.6 Å². The predicted octanol–water partition coefficient (Wildman–Crippen LogP) is 4.77. The van der Waals surface area contributed by atoms with Crippen LogP contribution in [0.4, 0.5) is 4.79 Å². The van der Waals surface area contributed by atoms with Gasteiger partial charge in [0.1, 0.15) is 12.9 Å². The van der Waals surface area contributed by atoms with Crippen molar-refractivity contribution < 1.29 is 19.4 Å². The number of carbonyl (C=O) groups is 2. The smallest absolute Gasteiger partial charge is 0.410 e. The number of aliphatic carboxylic acids is 1. The number of rotatable bonds is 6. The minimum absolute atomic E-state index is 0.0490. The Bertz CT molecular complexity index is 1160. The highest BCUT2D eigenvalue weighted by Gasteiger charge is 2.54. The summed E-state index contributed by atoms with van der Waals surface area (Å²) in [7, 11) is 1.49. The molecule has 0 saturated carbocycles. The molecule has 0 spiro atoms. The largest absolute Gasteiger partial charge is 0.479 e. The monoisotopic (exact) mass is 459 g/mol. The van der Waals surface area contributed by atoms with E-state index in [1.54, 1.807) is 33.2 Å². The highest BCUT2D eigenvalue weighted by Crippen LogP contribution is 2.45. The molecule has 3 aromatic rings. The Morgan fingerprint density at radius 1 is 0.971 bits per heavy atom. The van der Waals surface area contributed by atoms with E-state index < -0.39 is 23.0 Å². The molecule has 0 aliphatic heterocycles. The van der Waals surface area contributed by atoms with Crippen molar-refractivity contribution in [3.63, 3.8) is 0 Å². The molecule has 1 amide bonds. The highest BCUT2D eigenvalue weighted by molar-refractivity contribution is 5.86. The van der Waals surface area contributed by atoms with E-state index in [1.165, 1.54) is 18.3 Å². The van der Waals surface area contributed by atoms with E-state index in [0.717, 1.165) is 22.3 Å². The second kappa shape index (κ2) is 8.89. The van der Waals surface area contributed by atoms with Crippen molar-refractivity contribution in [2.24, 2.45) is 5.41 Å². The zero-order chi connectivity index (χ0) is 24.5. The van der Waals surface area contributed by atoms with Gasteiger partial charge in [-0.05, 0) is 33.2 Å². The Hall–Kier alpha value is -3.74. The first-order valence-electron chi connectivity index (χ1n) is 11.2. The molecule has 34 heavy (non-hydrogen) atoms. The molecule has 7 nitrogen and oxygen atoms in total. The molecule has 4 rings (SSSR count). The maximum Gasteiger partial charge on any atom is 0.410 e. The number of ether oxygens (including phenoxy) is 1. The molecular weight excluding hydrogens is 430 g/mol. The van der Waals surface area contributed by atoms with Crippen LogP contribution < -0.4 is 0 Å². The van der Waals surface area contributed by atoms with Gasteiger partial charge in [0.05, 0.1) is 0 Å². The molecule has 0 bridgehead atoms. The van der Waals surface area contributed by atoms with E-state index in [-0.39, 0.29) is 18.9 Å². The van der Waals surface area contributed by atoms with Gasteiger partial charge in [-0.2, -0.15) is 0 Å². The number of carbonyl (C=O) groups excluding carboxylic acids is 1. The molecule has 176 valence electrons. The van der Waals surface area contributed by atoms with Crippen molar-refractivity contribution in [1.29, 1.82) is 0 Å². The Labute approximate surface area is 199 Å². The number of likely N-dealkylation sites (N-methyl/N-ethyl adjacent to an activating group) is 1. The summed E-state index contributed by atoms with van der Waals surface area (Å²) in [5.74, 6) is -1.22. The van der Waals surface area contributed by atoms with Gasteiger partial charge in [-0.3, -0.25) is 4.90 Å². The zero-order valence-corrected chi connectivity index (χ0v) is 19.9. The molecule has 0 radical (unpaired) electrons. The van der Waals surface area contributed by atoms with Crippen LogP contribution in [0.2, 0.25) is 0 Å². The molecular formula is C27H29N3O4. The van der Waals surface area contributed by atoms with Gasteiger partial charge in [0.15, 0.2) is 5.54 Å². The summed E-state index contributed by atoms with van der Waals surface area (Å²) in [6.45, 7) is 5.53. The lowest BCUT2D eigenvalue weighted by Gasteiger charge is -2.46. The Balaban J connectivity index is 1.61. The molecule has 1 aliphatic rings. The van der Waals surface area contributed by atoms with E-state index in [2.05, 4.69) is 22.1 Å². The van der Waals surface area contributed by atoms with Crippen LogP contribution in [0, 0.1) is 5.41 Å². The first kappa shape index (κ1) is 23.4. The maximum absolute atomic E-state index is 13.3. The fraction of sp³-hybridized carbons (Fsp3) is 0.333. The van der Waals surface area contributed by atoms with Crippen LogP contribution in [0.25, 0.3) is 11.1 Å². The summed E-state index contributed by atoms with van der Waals surface area (Å²) in [5, 5.41) is 10.4. The topological polar surface area (TPSA) is 92.6 Å². The van der Waals surface area contributed by atoms with Crippen molar-refractivity contribution in [3.8, 4) is 11.1 Å². The standard InChI is InChI=1S/C27H29N3O4/c1-26(2,3)27(24(31)32,13-18-14-28-17-29-15-18)30(4)25(33)34-16-23-21-11-7-5-9-19(21)20-10-6-8-12-22(20)23/h5-12,14-15,17,23H,13,16H2,1-4H3,(H,31,32). The summed E-state index contributed by atoms with van der Waals surface area (Å²) >= 11 is 0. The number of carboxylic acid groups (broad SMARTS) is 1. The zero-order valence-electron chi connectivity index (χ0n) is 19.9. The highest BCUT2D eigenvalue weighted by atomic mass is 16.6. The molecule has 7 heteroatoms. The number of benzene rings is 2. The second-order valence-corrected chi connectivity index (χ2v) is 9.70. The molecule has 1 N–H and O–H groups in total. The molecule has 1 aliphatic carbocycles. The summed E-state index contributed by atoms with van der Waals surface area (Å²) in [6, 6.07) is 16.2. The lowest BCUT2D eigenvalue weighted by Crippen LogP contribution is -2.64. The van der Waals surface area contributed by atoms with Crippen LogP contribution in [0.5, 0.6) is 0 Å². The molecule has 1 heterocycles. The van der Waals surface area contributed by atoms with Gasteiger partial charge in [-0.15, -0.1) is 0 Å². The third kappa shape index (κ3) is 3.91. The van der Waals surface area contributed by atoms with Gasteiger partial charge in [0.2, 0.25) is 0 Å². The van der Waals surface area contributed by atoms with Crippen molar-refractivity contribution in [2.75, 3.05) is 13.7 Å². The summed E-state index contributed by atoms with van der Waals surface area (Å²) in [6.07, 6.45) is 3.89. The van der Waals surface area contributed by atoms with E-state index >= 15 is 0 Å². The summed E-state index contributed by atoms with van der Waals surface area (Å²) in [5.41, 5.74) is 2.70. The number of amides is 1. The number of hydrogen-bond donors (Lipinski definition) is 1. The summed E-state index contributed by atoms with van der Waals surface area (Å²) < 4.78 is 5.78. The van der Waals surface area contributed by atoms with Crippen LogP contribution in [0.1, 0.15) is 43.4 Å². The molecule has 1 aromatic heterocycles. The van der Waals surface area contributed by atoms with Crippen LogP contribution in [-0.2, 0) is 16.0 Å². The quantitative estimate of drug-likeness (QED) is 0.571. The van der Waals surface area contributed by atoms with E-state index in [1.807, 2.05) is 36.4 Å². The third-order valence-corrected chi connectivity index (χ3v) is 6.85. The average Bonchev–Trinajstić information content (AvgIpc) is 3.14. The van der Waals surface area contributed by atoms with Crippen molar-refractivity contribution in [3.05, 3.63) is 83.9 Å². The predicted molar refractivity (Wildman–Crippen MR) is 128 cm³/mol. The van der Waals surface area contributed by atoms with Crippen molar-refractivity contribution in [1.82, 2.24) is 14.9 Å². The van der Waals surface area contributed by atoms with Gasteiger partial charge >= 0.3 is 12.1 Å². The Morgan fingerprint density at radius 2 is 1.50 bits per heavy atom. The van der Waals surface area contributed by atoms with Crippen molar-refractivity contribution >= 4 is 12.1 Å². The number of fused-ring (bicyclic) bond motifs is 3. The average molecular weight is 460 g/mol. The second-order valence-electron chi connectivity index (χ2n) is 9.70. The lowest BCUT2D eigenvalue weighted by molar-refractivity contribution is -0.157. The van der Waals surface area contributed by atoms with Gasteiger partial charge in [-0.1, -0.05) is 69.3 Å². The maximum atomic E-state index is 13.3. The van der Waals surface area contributed by atoms with Gasteiger partial charge in [0.25, 0.3) is 0 Å². The number of aromatic nitrogens is 2. The first-order chi connectivity index (χ1) is 16.2. The first-order valence-corrected chi connectivity index (χ1v) is 11.2. The molecule has 1 unspecified atom stereocenters. The number of nitrogens with zero attached hydrogens (tertiary/aromatic N) is 3. The van der Waals surface area contributed by atoms with Crippen LogP contribution in [-0.4, -0.2) is 51.2 Å². The van der Waals surface area contributed by atoms with Crippen LogP contribution >= 0.6 is 0 Å². The Morgan fingerprint density at radius 3 is 2.00 bits per heavy atom. The summed E-state index contributed by atoms with van der Waals surface area (Å²) in [4.78, 5) is 35.3. The fourth-order valence-electron chi connectivity index (χ4n) is 4.99. The molecule has 1 atom stereocenters. The third-order valence-electron chi connectivity index (χ3n) is 6.85. The Kier molecular flexibility index (Phi) is 6.13. The van der Waals surface area contributed by atoms with Crippen LogP contribution in [0.15, 0.2) is 67.3 Å². The molecule has 0 saturated heterocycles. The van der Waals surface area contributed by atoms with E-state index in [4.69, 9.17) is 4.74 Å². The van der Waals surface area contributed by atoms with Gasteiger partial charge in [0, 0.05) is 31.8 Å². The molecule has 0 fully saturated rings. The van der Waals surface area contributed by atoms with Gasteiger partial charge < -0.3 is 9.84 Å². The minimum atomic E-state index is -1.57. The number of carboxylic acids is 1. The van der Waals surface area contributed by atoms with E-state index in [0.29, 0.717) is 5.56 Å². The molecule has 2 aromatic carbocycles. The SMILES string of the molecule is CN(C(=O)OCC1c2ccccc2-c2ccccc21)C(Cc1cncnc1)(C(=O)O)C(C)(C)C. The van der Waals surface area contributed by atoms with Crippen LogP contribution in [0.3, 0.4) is 0 Å². The minimum Gasteiger partial charge on any atom is -0.479 e. The van der Waals surface area contributed by atoms with E-state index in [9.17, 15) is 14.7 Å². The lowest BCUT2D eigenvalue weighted by atomic mass is 9.69. The number of hydrogen-bond acceptors (Lipinski definition) is 5.